The molecule has 10 heterocycles. The molecule has 0 unspecified atom stereocenters. The Bertz CT molecular complexity index is 3050. The molecule has 646 valence electrons. The van der Waals surface area contributed by atoms with Crippen molar-refractivity contribution in [2.24, 2.45) is 0 Å². The zero-order chi connectivity index (χ0) is 82.1. The molecule has 112 heavy (non-hydrogen) atoms. The fourth-order valence-electron chi connectivity index (χ4n) is 15.0. The van der Waals surface area contributed by atoms with Crippen LogP contribution in [0.25, 0.3) is 0 Å². The molecule has 10 aliphatic rings. The Labute approximate surface area is 635 Å². The molecule has 0 saturated carbocycles. The van der Waals surface area contributed by atoms with E-state index in [1.807, 2.05) is 0 Å². The van der Waals surface area contributed by atoms with Crippen molar-refractivity contribution in [2.75, 3.05) is 60.0 Å². The van der Waals surface area contributed by atoms with Gasteiger partial charge in [0.05, 0.1) is 59.0 Å². The lowest BCUT2D eigenvalue weighted by Gasteiger charge is -2.51. The first-order valence-electron chi connectivity index (χ1n) is 36.0. The van der Waals surface area contributed by atoms with Crippen LogP contribution in [0.3, 0.4) is 0 Å². The molecule has 10 aliphatic heterocycles. The Hall–Kier alpha value is -3.76. The summed E-state index contributed by atoms with van der Waals surface area (Å²) < 4.78 is 107. The quantitative estimate of drug-likeness (QED) is 0.0309. The van der Waals surface area contributed by atoms with Crippen molar-refractivity contribution in [2.45, 2.75) is 310 Å². The molecule has 10 saturated heterocycles. The van der Waals surface area contributed by atoms with Crippen LogP contribution in [0, 0.1) is 0 Å². The predicted octanol–water partition coefficient (Wildman–Crippen LogP) is -18.4. The predicted molar refractivity (Wildman–Crippen MR) is 347 cm³/mol. The molecule has 49 heteroatoms. The summed E-state index contributed by atoms with van der Waals surface area (Å²) in [5.41, 5.74) is -1.79. The van der Waals surface area contributed by atoms with Crippen molar-refractivity contribution >= 4 is 23.6 Å². The van der Waals surface area contributed by atoms with Gasteiger partial charge in [-0.15, -0.1) is 0 Å². The Balaban J connectivity index is 0.968. The largest absolute Gasteiger partial charge is 0.394 e. The maximum Gasteiger partial charge on any atom is 0.218 e. The molecule has 10 rings (SSSR count). The zero-order valence-electron chi connectivity index (χ0n) is 60.9. The van der Waals surface area contributed by atoms with Crippen molar-refractivity contribution < 1.29 is 217 Å². The summed E-state index contributed by atoms with van der Waals surface area (Å²) in [6, 6.07) is -5.55. The van der Waals surface area contributed by atoms with Gasteiger partial charge in [0.2, 0.25) is 23.6 Å². The SMILES string of the molecule is CO[C@H]1[C@@H](O)[C@@H](CO)O[C@@H](O[C@H]2[C@H](O)[C@@H](NC(C)=O)[C@H](O[C@@H]3[C@@H](OC[C@H]4O[C@@H](O[C@H]5[C@H](O)[C@@H](NC(C)=O)[C@H](O[C@@H]6[C@@H](CO[C@H]7O[C@@H](C)[C@@H](O)[C@@H](O)[C@@H]7O)O[C@@H]7N[C@@]7(NC(C)=O)[C@H]6O)O[C@@H]5CO)[C@@H](O)[C@@H](O[C@H]5O[C@@H](CO)[C@@H](O)[C@H](O)[C@@H]5O[C@@H]5O[C@H](CO)[C@@H](O)[C@H](O)[C@H]5NC(C)=O)[C@@H]4O)O[C@H](CO)[C@@H](O)[C@@H]3O)O[C@@H]2CO)[C@@H]1O. The third-order valence-electron chi connectivity index (χ3n) is 21.0. The number of aliphatic hydroxyl groups excluding tert-OH is 22. The molecular formula is C63H105N5O44. The number of ether oxygens (including phenoxy) is 18. The highest BCUT2D eigenvalue weighted by Gasteiger charge is 2.70. The lowest BCUT2D eigenvalue weighted by Crippen LogP contribution is -2.70. The molecule has 27 N–H and O–H groups in total. The highest BCUT2D eigenvalue weighted by Crippen LogP contribution is 2.43. The second-order valence-electron chi connectivity index (χ2n) is 28.8. The summed E-state index contributed by atoms with van der Waals surface area (Å²) in [5, 5.41) is 259. The van der Waals surface area contributed by atoms with Crippen LogP contribution in [0.4, 0.5) is 0 Å². The number of fused-ring (bicyclic) bond motifs is 1. The van der Waals surface area contributed by atoms with E-state index in [9.17, 15) is 132 Å². The van der Waals surface area contributed by atoms with E-state index in [1.54, 1.807) is 0 Å². The van der Waals surface area contributed by atoms with E-state index < -0.39 is 352 Å². The highest BCUT2D eigenvalue weighted by atomic mass is 16.8. The Kier molecular flexibility index (Phi) is 31.2. The second kappa shape index (κ2) is 38.5. The van der Waals surface area contributed by atoms with E-state index >= 15 is 0 Å². The van der Waals surface area contributed by atoms with Gasteiger partial charge in [-0.25, -0.2) is 0 Å². The first-order chi connectivity index (χ1) is 53.0. The Morgan fingerprint density at radius 1 is 0.321 bits per heavy atom. The number of amides is 4. The van der Waals surface area contributed by atoms with Crippen LogP contribution in [0.2, 0.25) is 0 Å². The molecule has 0 aromatic carbocycles. The number of nitrogens with one attached hydrogen (secondary N) is 5. The third-order valence-corrected chi connectivity index (χ3v) is 21.0. The minimum Gasteiger partial charge on any atom is -0.394 e. The minimum atomic E-state index is -2.53. The number of hydrogen-bond acceptors (Lipinski definition) is 45. The van der Waals surface area contributed by atoms with Crippen molar-refractivity contribution in [1.29, 1.82) is 0 Å². The standard InChI is InChI=1S/C63H105N5O44/c1-15-31(79)40(88)43(91)57(98-15)96-14-27-48(53(94)63(67-19(5)78)62(68-63)106-27)109-55-29(65-17(3)76)38(86)47(24(11-73)103-55)108-59-45(93)50(110-61-52(42(90)34(82)22(9-71)102-61)112-54-28(64-16(2)75)37(85)32(80)20(7-69)99-54)36(84)26(105-59)13-97-60-51(41(89)33(81)21(8-70)101-60)111-56-30(66-18(4)77)39(87)46(25(12-74)104-56)107-58-44(92)49(95-6)35(83)23(10-72)100-58/h15,20-62,68-74,79-94H,7-14H2,1-6H3,(H,64,75)(H,65,76)(H,66,77)(H,67,78)/t15-,20+,21+,22-,23+,24+,25+,26+,27+,28+,29+,30+,31+,32+,33+,34+,35-,36+,37+,38+,39+,40+,41-,42-,43-,44+,45-,46+,47+,48+,49-,50-,51-,52-,53-,54-,55-,56-,57-,58-,59-,60-,61+,62-,63-/m0/s1. The van der Waals surface area contributed by atoms with Gasteiger partial charge >= 0.3 is 0 Å². The van der Waals surface area contributed by atoms with Gasteiger partial charge in [0.1, 0.15) is 214 Å². The summed E-state index contributed by atoms with van der Waals surface area (Å²) in [7, 11) is 1.11. The number of rotatable bonds is 29. The maximum atomic E-state index is 13.2. The monoisotopic (exact) mass is 1640 g/mol. The van der Waals surface area contributed by atoms with Crippen LogP contribution >= 0.6 is 0 Å². The molecule has 0 aromatic rings. The molecule has 0 radical (unpaired) electrons. The molecule has 10 fully saturated rings. The molecule has 4 amide bonds. The van der Waals surface area contributed by atoms with Gasteiger partial charge in [-0.05, 0) is 6.92 Å². The number of carbonyl (C=O) groups is 4. The van der Waals surface area contributed by atoms with E-state index in [1.165, 1.54) is 6.92 Å². The maximum absolute atomic E-state index is 13.2. The normalized spacial score (nSPS) is 49.9. The number of hydrogen-bond donors (Lipinski definition) is 27. The summed E-state index contributed by atoms with van der Waals surface area (Å²) in [6.45, 7) is -2.77. The van der Waals surface area contributed by atoms with Gasteiger partial charge in [0, 0.05) is 34.8 Å². The molecule has 0 spiro atoms. The van der Waals surface area contributed by atoms with Gasteiger partial charge in [0.15, 0.2) is 56.0 Å². The molecule has 45 atom stereocenters. The number of aliphatic hydroxyl groups is 22. The fraction of sp³-hybridized carbons (Fsp3) is 0.937. The van der Waals surface area contributed by atoms with Gasteiger partial charge in [-0.1, -0.05) is 0 Å². The second-order valence-corrected chi connectivity index (χ2v) is 28.8. The zero-order valence-corrected chi connectivity index (χ0v) is 60.9. The first kappa shape index (κ1) is 90.6. The van der Waals surface area contributed by atoms with E-state index in [0.717, 1.165) is 34.8 Å². The molecular weight excluding hydrogens is 1530 g/mol. The van der Waals surface area contributed by atoms with Crippen LogP contribution in [0.5, 0.6) is 0 Å². The number of methoxy groups -OCH3 is 1. The van der Waals surface area contributed by atoms with Gasteiger partial charge in [-0.3, -0.25) is 24.5 Å². The molecule has 0 aliphatic carbocycles. The van der Waals surface area contributed by atoms with Gasteiger partial charge in [0.25, 0.3) is 0 Å². The minimum absolute atomic E-state index is 0.686. The van der Waals surface area contributed by atoms with E-state index in [4.69, 9.17) is 85.3 Å². The fourth-order valence-corrected chi connectivity index (χ4v) is 15.0. The lowest BCUT2D eigenvalue weighted by atomic mass is 9.94. The topological polar surface area (TPSA) is 750 Å². The van der Waals surface area contributed by atoms with Crippen molar-refractivity contribution in [3.8, 4) is 0 Å². The van der Waals surface area contributed by atoms with Crippen molar-refractivity contribution in [3.05, 3.63) is 0 Å². The highest BCUT2D eigenvalue weighted by molar-refractivity contribution is 5.75. The Morgan fingerprint density at radius 3 is 1.16 bits per heavy atom. The molecule has 0 aromatic heterocycles. The van der Waals surface area contributed by atoms with Crippen LogP contribution in [0.15, 0.2) is 0 Å². The van der Waals surface area contributed by atoms with Crippen LogP contribution in [-0.4, -0.2) is 472 Å². The van der Waals surface area contributed by atoms with Gasteiger partial charge in [-0.2, -0.15) is 0 Å². The van der Waals surface area contributed by atoms with Crippen LogP contribution in [-0.2, 0) is 104 Å². The molecule has 0 bridgehead atoms. The van der Waals surface area contributed by atoms with Crippen LogP contribution in [0.1, 0.15) is 34.6 Å². The average molecular weight is 1640 g/mol. The van der Waals surface area contributed by atoms with Crippen molar-refractivity contribution in [1.82, 2.24) is 26.6 Å². The average Bonchev–Trinajstić information content (AvgIpc) is 1.55. The van der Waals surface area contributed by atoms with Crippen LogP contribution < -0.4 is 26.6 Å². The van der Waals surface area contributed by atoms with E-state index in [0.29, 0.717) is 0 Å². The van der Waals surface area contributed by atoms with Gasteiger partial charge < -0.3 is 219 Å². The smallest absolute Gasteiger partial charge is 0.218 e. The molecule has 49 nitrogen and oxygen atoms in total. The third kappa shape index (κ3) is 19.1. The summed E-state index contributed by atoms with van der Waals surface area (Å²) in [5.74, 6) is -3.38. The van der Waals surface area contributed by atoms with Crippen molar-refractivity contribution in [3.63, 3.8) is 0 Å². The van der Waals surface area contributed by atoms with E-state index in [-0.39, 0.29) is 0 Å². The first-order valence-corrected chi connectivity index (χ1v) is 36.0. The summed E-state index contributed by atoms with van der Waals surface area (Å²) >= 11 is 0. The Morgan fingerprint density at radius 2 is 0.688 bits per heavy atom. The summed E-state index contributed by atoms with van der Waals surface area (Å²) in [6.07, 6.45) is -79.4. The summed E-state index contributed by atoms with van der Waals surface area (Å²) in [4.78, 5) is 51.2. The number of carbonyl (C=O) groups excluding carboxylic acids is 4. The van der Waals surface area contributed by atoms with E-state index in [2.05, 4.69) is 26.6 Å². The lowest BCUT2D eigenvalue weighted by molar-refractivity contribution is -0.396.